The predicted octanol–water partition coefficient (Wildman–Crippen LogP) is 3.56. The molecule has 1 aromatic heterocycles. The second-order valence-corrected chi connectivity index (χ2v) is 7.04. The van der Waals surface area contributed by atoms with Crippen molar-refractivity contribution in [2.24, 2.45) is 5.41 Å². The molecule has 1 aromatic rings. The van der Waals surface area contributed by atoms with Crippen molar-refractivity contribution >= 4 is 0 Å². The van der Waals surface area contributed by atoms with Crippen LogP contribution in [-0.2, 0) is 13.0 Å². The van der Waals surface area contributed by atoms with Crippen LogP contribution in [0.2, 0.25) is 0 Å². The number of hydrogen-bond acceptors (Lipinski definition) is 2. The number of rotatable bonds is 6. The Kier molecular flexibility index (Phi) is 5.19. The predicted molar refractivity (Wildman–Crippen MR) is 82.5 cm³/mol. The fourth-order valence-electron chi connectivity index (χ4n) is 2.24. The van der Waals surface area contributed by atoms with Gasteiger partial charge in [0.25, 0.3) is 0 Å². The van der Waals surface area contributed by atoms with E-state index in [0.29, 0.717) is 0 Å². The van der Waals surface area contributed by atoms with Crippen LogP contribution in [-0.4, -0.2) is 21.9 Å². The average molecular weight is 265 g/mol. The van der Waals surface area contributed by atoms with Gasteiger partial charge < -0.3 is 5.32 Å². The lowest BCUT2D eigenvalue weighted by molar-refractivity contribution is 0.249. The van der Waals surface area contributed by atoms with Crippen molar-refractivity contribution in [2.75, 3.05) is 6.54 Å². The van der Waals surface area contributed by atoms with Crippen molar-refractivity contribution in [3.05, 3.63) is 17.5 Å². The van der Waals surface area contributed by atoms with Crippen LogP contribution in [0.4, 0.5) is 0 Å². The summed E-state index contributed by atoms with van der Waals surface area (Å²) in [6, 6.07) is 2.23. The maximum absolute atomic E-state index is 4.55. The van der Waals surface area contributed by atoms with Gasteiger partial charge in [0.15, 0.2) is 0 Å². The van der Waals surface area contributed by atoms with Crippen molar-refractivity contribution in [3.8, 4) is 0 Å². The van der Waals surface area contributed by atoms with Crippen molar-refractivity contribution in [1.29, 1.82) is 0 Å². The van der Waals surface area contributed by atoms with Gasteiger partial charge >= 0.3 is 0 Å². The summed E-state index contributed by atoms with van der Waals surface area (Å²) in [7, 11) is 0. The number of aryl methyl sites for hydroxylation is 2. The molecule has 0 fully saturated rings. The van der Waals surface area contributed by atoms with Crippen molar-refractivity contribution in [1.82, 2.24) is 15.1 Å². The highest BCUT2D eigenvalue weighted by molar-refractivity contribution is 5.11. The first-order valence-corrected chi connectivity index (χ1v) is 7.47. The highest BCUT2D eigenvalue weighted by atomic mass is 15.3. The fraction of sp³-hybridized carbons (Fsp3) is 0.812. The van der Waals surface area contributed by atoms with E-state index in [0.717, 1.165) is 25.2 Å². The van der Waals surface area contributed by atoms with Crippen LogP contribution in [0.1, 0.15) is 59.4 Å². The van der Waals surface area contributed by atoms with E-state index in [4.69, 9.17) is 0 Å². The van der Waals surface area contributed by atoms with Crippen molar-refractivity contribution in [2.45, 2.75) is 73.4 Å². The van der Waals surface area contributed by atoms with Gasteiger partial charge in [0.05, 0.1) is 5.69 Å². The minimum atomic E-state index is 0.178. The second-order valence-electron chi connectivity index (χ2n) is 7.04. The smallest absolute Gasteiger partial charge is 0.0596 e. The van der Waals surface area contributed by atoms with Gasteiger partial charge in [-0.15, -0.1) is 0 Å². The molecule has 0 bridgehead atoms. The van der Waals surface area contributed by atoms with E-state index in [2.05, 4.69) is 69.6 Å². The molecule has 0 saturated carbocycles. The summed E-state index contributed by atoms with van der Waals surface area (Å²) in [6.45, 7) is 17.6. The van der Waals surface area contributed by atoms with Gasteiger partial charge in [-0.3, -0.25) is 4.68 Å². The van der Waals surface area contributed by atoms with Crippen LogP contribution in [0.3, 0.4) is 0 Å². The van der Waals surface area contributed by atoms with E-state index in [9.17, 15) is 0 Å². The molecule has 0 spiro atoms. The Morgan fingerprint density at radius 2 is 1.84 bits per heavy atom. The molecule has 0 aliphatic carbocycles. The highest BCUT2D eigenvalue weighted by Gasteiger charge is 2.26. The lowest BCUT2D eigenvalue weighted by atomic mass is 9.82. The standard InChI is InChI=1S/C16H31N3/c1-8-16(7,12-17-15(4,5)6)11-14-10-13(3)18-19(14)9-2/h10,17H,8-9,11-12H2,1-7H3. The van der Waals surface area contributed by atoms with Crippen molar-refractivity contribution < 1.29 is 0 Å². The number of nitrogens with zero attached hydrogens (tertiary/aromatic N) is 2. The Morgan fingerprint density at radius 3 is 2.32 bits per heavy atom. The third-order valence-corrected chi connectivity index (χ3v) is 3.79. The zero-order chi connectivity index (χ0) is 14.7. The molecular weight excluding hydrogens is 234 g/mol. The van der Waals surface area contributed by atoms with Gasteiger partial charge in [-0.1, -0.05) is 13.8 Å². The van der Waals surface area contributed by atoms with Gasteiger partial charge in [0.2, 0.25) is 0 Å². The summed E-state index contributed by atoms with van der Waals surface area (Å²) >= 11 is 0. The zero-order valence-electron chi connectivity index (χ0n) is 13.8. The van der Waals surface area contributed by atoms with Crippen LogP contribution in [0.5, 0.6) is 0 Å². The normalized spacial score (nSPS) is 15.5. The molecule has 0 radical (unpaired) electrons. The monoisotopic (exact) mass is 265 g/mol. The van der Waals surface area contributed by atoms with Gasteiger partial charge in [0, 0.05) is 24.3 Å². The lowest BCUT2D eigenvalue weighted by Gasteiger charge is -2.33. The number of hydrogen-bond donors (Lipinski definition) is 1. The molecule has 0 aliphatic heterocycles. The van der Waals surface area contributed by atoms with E-state index in [1.807, 2.05) is 0 Å². The van der Waals surface area contributed by atoms with Crippen LogP contribution in [0.25, 0.3) is 0 Å². The molecule has 1 N–H and O–H groups in total. The van der Waals surface area contributed by atoms with Gasteiger partial charge in [-0.2, -0.15) is 5.10 Å². The third kappa shape index (κ3) is 4.98. The minimum absolute atomic E-state index is 0.178. The Labute approximate surface area is 118 Å². The maximum atomic E-state index is 4.55. The summed E-state index contributed by atoms with van der Waals surface area (Å²) in [6.07, 6.45) is 2.26. The molecule has 0 aromatic carbocycles. The number of aromatic nitrogens is 2. The molecular formula is C16H31N3. The maximum Gasteiger partial charge on any atom is 0.0596 e. The number of nitrogens with one attached hydrogen (secondary N) is 1. The summed E-state index contributed by atoms with van der Waals surface area (Å²) in [5.74, 6) is 0. The second kappa shape index (κ2) is 6.08. The molecule has 1 atom stereocenters. The average Bonchev–Trinajstić information content (AvgIpc) is 2.66. The summed E-state index contributed by atoms with van der Waals surface area (Å²) in [4.78, 5) is 0. The first kappa shape index (κ1) is 16.2. The first-order chi connectivity index (χ1) is 8.69. The zero-order valence-corrected chi connectivity index (χ0v) is 13.8. The molecule has 19 heavy (non-hydrogen) atoms. The Hall–Kier alpha value is -0.830. The molecule has 1 unspecified atom stereocenters. The molecule has 1 heterocycles. The summed E-state index contributed by atoms with van der Waals surface area (Å²) in [5, 5.41) is 8.20. The van der Waals surface area contributed by atoms with Crippen LogP contribution < -0.4 is 5.32 Å². The molecule has 0 saturated heterocycles. The van der Waals surface area contributed by atoms with E-state index >= 15 is 0 Å². The molecule has 3 nitrogen and oxygen atoms in total. The fourth-order valence-corrected chi connectivity index (χ4v) is 2.24. The molecule has 0 amide bonds. The molecule has 110 valence electrons. The largest absolute Gasteiger partial charge is 0.312 e. The SMILES string of the molecule is CCn1nc(C)cc1CC(C)(CC)CNC(C)(C)C. The first-order valence-electron chi connectivity index (χ1n) is 7.47. The van der Waals surface area contributed by atoms with E-state index in [1.54, 1.807) is 0 Å². The quantitative estimate of drug-likeness (QED) is 0.852. The third-order valence-electron chi connectivity index (χ3n) is 3.79. The van der Waals surface area contributed by atoms with Gasteiger partial charge in [-0.25, -0.2) is 0 Å². The van der Waals surface area contributed by atoms with Crippen molar-refractivity contribution in [3.63, 3.8) is 0 Å². The van der Waals surface area contributed by atoms with E-state index in [1.165, 1.54) is 12.1 Å². The van der Waals surface area contributed by atoms with E-state index in [-0.39, 0.29) is 11.0 Å². The van der Waals surface area contributed by atoms with Crippen LogP contribution in [0, 0.1) is 12.3 Å². The van der Waals surface area contributed by atoms with E-state index < -0.39 is 0 Å². The topological polar surface area (TPSA) is 29.9 Å². The van der Waals surface area contributed by atoms with Crippen LogP contribution in [0.15, 0.2) is 6.07 Å². The minimum Gasteiger partial charge on any atom is -0.312 e. The Bertz CT molecular complexity index is 401. The Balaban J connectivity index is 2.79. The molecule has 3 heteroatoms. The summed E-state index contributed by atoms with van der Waals surface area (Å²) < 4.78 is 2.14. The van der Waals surface area contributed by atoms with Gasteiger partial charge in [0.1, 0.15) is 0 Å². The summed E-state index contributed by atoms with van der Waals surface area (Å²) in [5.41, 5.74) is 2.95. The molecule has 1 rings (SSSR count). The Morgan fingerprint density at radius 1 is 1.21 bits per heavy atom. The lowest BCUT2D eigenvalue weighted by Crippen LogP contribution is -2.43. The molecule has 0 aliphatic rings. The van der Waals surface area contributed by atoms with Crippen LogP contribution >= 0.6 is 0 Å². The van der Waals surface area contributed by atoms with Gasteiger partial charge in [-0.05, 0) is 58.9 Å². The highest BCUT2D eigenvalue weighted by Crippen LogP contribution is 2.27.